The monoisotopic (exact) mass is 400 g/mol. The van der Waals surface area contributed by atoms with E-state index in [1.165, 1.54) is 18.4 Å². The first-order chi connectivity index (χ1) is 12.1. The lowest BCUT2D eigenvalue weighted by Crippen LogP contribution is -2.51. The fourth-order valence-electron chi connectivity index (χ4n) is 3.19. The largest absolute Gasteiger partial charge is 0.299 e. The lowest BCUT2D eigenvalue weighted by Gasteiger charge is -2.40. The van der Waals surface area contributed by atoms with Crippen molar-refractivity contribution >= 4 is 10.0 Å². The molecule has 0 heterocycles. The smallest absolute Gasteiger partial charge is 0.211 e. The summed E-state index contributed by atoms with van der Waals surface area (Å²) in [6.45, 7) is 16.4. The molecule has 1 rings (SSSR count). The number of halogens is 1. The van der Waals surface area contributed by atoms with Crippen LogP contribution in [0.4, 0.5) is 4.39 Å². The molecular formula is C21H37FN2O2S. The van der Waals surface area contributed by atoms with E-state index in [1.54, 1.807) is 4.31 Å². The Hall–Kier alpha value is -0.980. The highest BCUT2D eigenvalue weighted by Crippen LogP contribution is 2.25. The van der Waals surface area contributed by atoms with E-state index < -0.39 is 15.6 Å². The van der Waals surface area contributed by atoms with Gasteiger partial charge in [-0.05, 0) is 57.2 Å². The number of hydrogen-bond acceptors (Lipinski definition) is 3. The van der Waals surface area contributed by atoms with Crippen molar-refractivity contribution in [3.8, 4) is 0 Å². The van der Waals surface area contributed by atoms with Crippen molar-refractivity contribution in [3.63, 3.8) is 0 Å². The van der Waals surface area contributed by atoms with Crippen LogP contribution < -0.4 is 0 Å². The van der Waals surface area contributed by atoms with Gasteiger partial charge in [0.1, 0.15) is 5.82 Å². The molecule has 1 unspecified atom stereocenters. The van der Waals surface area contributed by atoms with Crippen LogP contribution in [-0.2, 0) is 16.4 Å². The van der Waals surface area contributed by atoms with Crippen molar-refractivity contribution in [1.29, 1.82) is 0 Å². The second-order valence-corrected chi connectivity index (χ2v) is 11.4. The Bertz CT molecular complexity index is 688. The Morgan fingerprint density at radius 2 is 1.48 bits per heavy atom. The van der Waals surface area contributed by atoms with E-state index in [4.69, 9.17) is 0 Å². The number of hydrogen-bond donors (Lipinski definition) is 0. The fraction of sp³-hybridized carbons (Fsp3) is 0.714. The number of benzene rings is 1. The Kier molecular flexibility index (Phi) is 8.03. The first-order valence-corrected chi connectivity index (χ1v) is 11.4. The molecule has 156 valence electrons. The first-order valence-electron chi connectivity index (χ1n) is 9.58. The van der Waals surface area contributed by atoms with E-state index in [0.29, 0.717) is 13.1 Å². The van der Waals surface area contributed by atoms with Crippen LogP contribution in [0.5, 0.6) is 0 Å². The summed E-state index contributed by atoms with van der Waals surface area (Å²) in [5, 5.41) is 0. The van der Waals surface area contributed by atoms with Crippen molar-refractivity contribution in [1.82, 2.24) is 9.21 Å². The van der Waals surface area contributed by atoms with Gasteiger partial charge in [0.15, 0.2) is 0 Å². The van der Waals surface area contributed by atoms with Gasteiger partial charge in [-0.25, -0.2) is 12.8 Å². The molecule has 0 aliphatic rings. The zero-order valence-electron chi connectivity index (χ0n) is 18.2. The molecule has 1 aromatic carbocycles. The molecule has 0 aliphatic carbocycles. The normalized spacial score (nSPS) is 14.8. The summed E-state index contributed by atoms with van der Waals surface area (Å²) < 4.78 is 39.2. The maximum atomic E-state index is 13.1. The van der Waals surface area contributed by atoms with Crippen molar-refractivity contribution in [2.24, 2.45) is 5.41 Å². The molecule has 4 nitrogen and oxygen atoms in total. The van der Waals surface area contributed by atoms with Gasteiger partial charge in [0.05, 0.1) is 6.26 Å². The van der Waals surface area contributed by atoms with Gasteiger partial charge in [0.2, 0.25) is 10.0 Å². The van der Waals surface area contributed by atoms with Crippen molar-refractivity contribution in [2.45, 2.75) is 66.5 Å². The Morgan fingerprint density at radius 1 is 0.963 bits per heavy atom. The van der Waals surface area contributed by atoms with Gasteiger partial charge in [0.25, 0.3) is 0 Å². The SMILES string of the molecule is CC(N(CCc1ccc(F)cc1)CCN(C(C)(C)C)S(C)(=O)=O)C(C)(C)C. The van der Waals surface area contributed by atoms with Crippen LogP contribution in [0.2, 0.25) is 0 Å². The molecule has 0 aromatic heterocycles. The highest BCUT2D eigenvalue weighted by molar-refractivity contribution is 7.88. The molecule has 0 saturated heterocycles. The van der Waals surface area contributed by atoms with Gasteiger partial charge in [-0.1, -0.05) is 32.9 Å². The van der Waals surface area contributed by atoms with E-state index in [2.05, 4.69) is 32.6 Å². The van der Waals surface area contributed by atoms with Crippen molar-refractivity contribution in [2.75, 3.05) is 25.9 Å². The van der Waals surface area contributed by atoms with E-state index in [1.807, 2.05) is 32.9 Å². The Morgan fingerprint density at radius 3 is 1.89 bits per heavy atom. The fourth-order valence-corrected chi connectivity index (χ4v) is 4.60. The molecule has 1 aromatic rings. The van der Waals surface area contributed by atoms with Crippen LogP contribution in [0.25, 0.3) is 0 Å². The third-order valence-corrected chi connectivity index (χ3v) is 6.67. The van der Waals surface area contributed by atoms with E-state index >= 15 is 0 Å². The molecule has 0 fully saturated rings. The predicted molar refractivity (Wildman–Crippen MR) is 112 cm³/mol. The topological polar surface area (TPSA) is 40.6 Å². The van der Waals surface area contributed by atoms with Crippen LogP contribution in [0.15, 0.2) is 24.3 Å². The summed E-state index contributed by atoms with van der Waals surface area (Å²) in [5.74, 6) is -0.229. The minimum Gasteiger partial charge on any atom is -0.299 e. The maximum absolute atomic E-state index is 13.1. The zero-order valence-corrected chi connectivity index (χ0v) is 19.0. The molecule has 0 N–H and O–H groups in total. The summed E-state index contributed by atoms with van der Waals surface area (Å²) >= 11 is 0. The molecule has 0 spiro atoms. The molecule has 0 amide bonds. The number of sulfonamides is 1. The van der Waals surface area contributed by atoms with Gasteiger partial charge < -0.3 is 0 Å². The molecule has 27 heavy (non-hydrogen) atoms. The highest BCUT2D eigenvalue weighted by atomic mass is 32.2. The highest BCUT2D eigenvalue weighted by Gasteiger charge is 2.32. The lowest BCUT2D eigenvalue weighted by atomic mass is 9.86. The maximum Gasteiger partial charge on any atom is 0.211 e. The second-order valence-electron chi connectivity index (χ2n) is 9.46. The average molecular weight is 401 g/mol. The second kappa shape index (κ2) is 9.01. The summed E-state index contributed by atoms with van der Waals surface area (Å²) in [6, 6.07) is 6.87. The van der Waals surface area contributed by atoms with Crippen LogP contribution in [0.3, 0.4) is 0 Å². The Labute approximate surface area is 165 Å². The van der Waals surface area contributed by atoms with E-state index in [9.17, 15) is 12.8 Å². The molecule has 0 aliphatic heterocycles. The summed E-state index contributed by atoms with van der Waals surface area (Å²) in [4.78, 5) is 2.34. The van der Waals surface area contributed by atoms with Gasteiger partial charge in [-0.15, -0.1) is 0 Å². The standard InChI is InChI=1S/C21H37FN2O2S/c1-17(20(2,3)4)23(14-13-18-9-11-19(22)12-10-18)15-16-24(21(5,6)7)27(8,25)26/h9-12,17H,13-16H2,1-8H3. The third kappa shape index (κ3) is 7.88. The molecule has 0 radical (unpaired) electrons. The van der Waals surface area contributed by atoms with E-state index in [-0.39, 0.29) is 17.3 Å². The quantitative estimate of drug-likeness (QED) is 0.658. The number of rotatable bonds is 8. The lowest BCUT2D eigenvalue weighted by molar-refractivity contribution is 0.0997. The van der Waals surface area contributed by atoms with E-state index in [0.717, 1.165) is 18.5 Å². The summed E-state index contributed by atoms with van der Waals surface area (Å²) in [6.07, 6.45) is 2.07. The third-order valence-electron chi connectivity index (χ3n) is 5.14. The zero-order chi connectivity index (χ0) is 21.0. The van der Waals surface area contributed by atoms with Crippen LogP contribution in [0, 0.1) is 11.2 Å². The predicted octanol–water partition coefficient (Wildman–Crippen LogP) is 4.16. The van der Waals surface area contributed by atoms with Crippen molar-refractivity contribution < 1.29 is 12.8 Å². The van der Waals surface area contributed by atoms with Crippen LogP contribution in [-0.4, -0.2) is 55.1 Å². The molecular weight excluding hydrogens is 363 g/mol. The Balaban J connectivity index is 2.92. The minimum absolute atomic E-state index is 0.0699. The van der Waals surface area contributed by atoms with Gasteiger partial charge in [-0.3, -0.25) is 4.90 Å². The minimum atomic E-state index is -3.29. The molecule has 0 bridgehead atoms. The average Bonchev–Trinajstić information content (AvgIpc) is 2.48. The van der Waals surface area contributed by atoms with Crippen LogP contribution >= 0.6 is 0 Å². The van der Waals surface area contributed by atoms with Crippen molar-refractivity contribution in [3.05, 3.63) is 35.6 Å². The summed E-state index contributed by atoms with van der Waals surface area (Å²) in [5.41, 5.74) is 0.694. The first kappa shape index (κ1) is 24.1. The van der Waals surface area contributed by atoms with Gasteiger partial charge in [-0.2, -0.15) is 4.31 Å². The molecule has 0 saturated carbocycles. The van der Waals surface area contributed by atoms with Gasteiger partial charge in [0, 0.05) is 31.2 Å². The number of nitrogens with zero attached hydrogens (tertiary/aromatic N) is 2. The molecule has 6 heteroatoms. The van der Waals surface area contributed by atoms with Crippen LogP contribution in [0.1, 0.15) is 54.0 Å². The molecule has 1 atom stereocenters. The van der Waals surface area contributed by atoms with Gasteiger partial charge >= 0.3 is 0 Å². The summed E-state index contributed by atoms with van der Waals surface area (Å²) in [7, 11) is -3.29.